The Bertz CT molecular complexity index is 445. The van der Waals surface area contributed by atoms with Crippen LogP contribution in [-0.4, -0.2) is 16.1 Å². The van der Waals surface area contributed by atoms with Crippen molar-refractivity contribution in [1.29, 1.82) is 0 Å². The molecule has 0 spiro atoms. The maximum atomic E-state index is 10.5. The molecule has 0 bridgehead atoms. The van der Waals surface area contributed by atoms with Crippen molar-refractivity contribution in [3.8, 4) is 0 Å². The van der Waals surface area contributed by atoms with Crippen molar-refractivity contribution in [2.45, 2.75) is 6.42 Å². The van der Waals surface area contributed by atoms with E-state index >= 15 is 0 Å². The Labute approximate surface area is 75.0 Å². The number of aliphatic carboxylic acids is 1. The van der Waals surface area contributed by atoms with Gasteiger partial charge in [0.1, 0.15) is 0 Å². The minimum atomic E-state index is -0.812. The molecular weight excluding hydrogens is 166 g/mol. The summed E-state index contributed by atoms with van der Waals surface area (Å²) in [7, 11) is 0. The summed E-state index contributed by atoms with van der Waals surface area (Å²) in [6.45, 7) is 0. The number of rotatable bonds is 2. The Hall–Kier alpha value is -1.77. The van der Waals surface area contributed by atoms with Gasteiger partial charge in [-0.2, -0.15) is 0 Å². The number of hydrogen-bond donors (Lipinski definition) is 2. The van der Waals surface area contributed by atoms with Crippen LogP contribution in [0.5, 0.6) is 0 Å². The second-order valence-corrected chi connectivity index (χ2v) is 2.92. The summed E-state index contributed by atoms with van der Waals surface area (Å²) >= 11 is 0. The summed E-state index contributed by atoms with van der Waals surface area (Å²) in [5.41, 5.74) is 0.767. The molecule has 66 valence electrons. The fourth-order valence-electron chi connectivity index (χ4n) is 1.44. The lowest BCUT2D eigenvalue weighted by atomic mass is 10.1. The fraction of sp³-hybridized carbons (Fsp3) is 0.100. The van der Waals surface area contributed by atoms with Crippen molar-refractivity contribution in [3.63, 3.8) is 0 Å². The molecule has 0 aliphatic heterocycles. The summed E-state index contributed by atoms with van der Waals surface area (Å²) in [5.74, 6) is -0.812. The van der Waals surface area contributed by atoms with Crippen molar-refractivity contribution in [2.24, 2.45) is 0 Å². The van der Waals surface area contributed by atoms with E-state index in [0.29, 0.717) is 0 Å². The van der Waals surface area contributed by atoms with Crippen molar-refractivity contribution in [1.82, 2.24) is 4.98 Å². The van der Waals surface area contributed by atoms with E-state index in [2.05, 4.69) is 4.98 Å². The van der Waals surface area contributed by atoms with E-state index in [1.54, 1.807) is 0 Å². The summed E-state index contributed by atoms with van der Waals surface area (Å²) in [5, 5.41) is 10.7. The number of benzene rings is 1. The lowest BCUT2D eigenvalue weighted by Gasteiger charge is -1.93. The molecule has 0 radical (unpaired) electrons. The highest BCUT2D eigenvalue weighted by atomic mass is 16.4. The Kier molecular flexibility index (Phi) is 1.77. The third kappa shape index (κ3) is 1.40. The van der Waals surface area contributed by atoms with Gasteiger partial charge in [-0.3, -0.25) is 4.79 Å². The molecule has 0 saturated heterocycles. The highest BCUT2D eigenvalue weighted by molar-refractivity contribution is 5.88. The fourth-order valence-corrected chi connectivity index (χ4v) is 1.44. The van der Waals surface area contributed by atoms with Gasteiger partial charge in [0, 0.05) is 17.3 Å². The van der Waals surface area contributed by atoms with Crippen LogP contribution < -0.4 is 0 Å². The van der Waals surface area contributed by atoms with Crippen LogP contribution in [0.3, 0.4) is 0 Å². The SMILES string of the molecule is O=C(O)Cc1[nH]cc2ccccc12. The maximum Gasteiger partial charge on any atom is 0.309 e. The first-order valence-corrected chi connectivity index (χ1v) is 4.04. The van der Waals surface area contributed by atoms with Crippen LogP contribution >= 0.6 is 0 Å². The first-order valence-electron chi connectivity index (χ1n) is 4.04. The van der Waals surface area contributed by atoms with E-state index in [4.69, 9.17) is 5.11 Å². The van der Waals surface area contributed by atoms with Gasteiger partial charge in [-0.15, -0.1) is 0 Å². The smallest absolute Gasteiger partial charge is 0.309 e. The normalized spacial score (nSPS) is 10.5. The summed E-state index contributed by atoms with van der Waals surface area (Å²) < 4.78 is 0. The number of hydrogen-bond acceptors (Lipinski definition) is 1. The van der Waals surface area contributed by atoms with Gasteiger partial charge < -0.3 is 10.1 Å². The summed E-state index contributed by atoms with van der Waals surface area (Å²) in [6.07, 6.45) is 1.88. The van der Waals surface area contributed by atoms with E-state index in [1.165, 1.54) is 0 Å². The third-order valence-electron chi connectivity index (χ3n) is 2.02. The van der Waals surface area contributed by atoms with Crippen LogP contribution in [0, 0.1) is 0 Å². The number of carboxylic acid groups (broad SMARTS) is 1. The number of nitrogens with one attached hydrogen (secondary N) is 1. The van der Waals surface area contributed by atoms with Crippen molar-refractivity contribution in [3.05, 3.63) is 36.2 Å². The zero-order chi connectivity index (χ0) is 9.26. The van der Waals surface area contributed by atoms with Crippen LogP contribution in [0.2, 0.25) is 0 Å². The van der Waals surface area contributed by atoms with Crippen molar-refractivity contribution < 1.29 is 9.90 Å². The average molecular weight is 175 g/mol. The van der Waals surface area contributed by atoms with E-state index in [1.807, 2.05) is 30.5 Å². The molecule has 3 heteroatoms. The molecule has 0 fully saturated rings. The van der Waals surface area contributed by atoms with E-state index in [-0.39, 0.29) is 6.42 Å². The van der Waals surface area contributed by atoms with E-state index in [9.17, 15) is 4.79 Å². The Morgan fingerprint density at radius 1 is 1.38 bits per heavy atom. The zero-order valence-electron chi connectivity index (χ0n) is 6.95. The predicted molar refractivity (Wildman–Crippen MR) is 49.6 cm³/mol. The zero-order valence-corrected chi connectivity index (χ0v) is 6.95. The molecule has 3 nitrogen and oxygen atoms in total. The number of aromatic amines is 1. The second kappa shape index (κ2) is 2.94. The number of aromatic nitrogens is 1. The minimum Gasteiger partial charge on any atom is -0.481 e. The Morgan fingerprint density at radius 2 is 2.15 bits per heavy atom. The van der Waals surface area contributed by atoms with Gasteiger partial charge in [0.25, 0.3) is 0 Å². The highest BCUT2D eigenvalue weighted by Gasteiger charge is 2.05. The third-order valence-corrected chi connectivity index (χ3v) is 2.02. The predicted octanol–water partition coefficient (Wildman–Crippen LogP) is 1.79. The standard InChI is InChI=1S/C10H9NO2/c12-10(13)5-9-8-4-2-1-3-7(8)6-11-9/h1-4,6,11H,5H2,(H,12,13). The Morgan fingerprint density at radius 3 is 2.92 bits per heavy atom. The molecule has 0 unspecified atom stereocenters. The molecule has 0 aliphatic carbocycles. The first kappa shape index (κ1) is 7.86. The van der Waals surface area contributed by atoms with E-state index < -0.39 is 5.97 Å². The quantitative estimate of drug-likeness (QED) is 0.731. The molecule has 0 amide bonds. The van der Waals surface area contributed by atoms with Crippen molar-refractivity contribution in [2.75, 3.05) is 0 Å². The monoisotopic (exact) mass is 175 g/mol. The lowest BCUT2D eigenvalue weighted by Crippen LogP contribution is -2.00. The Balaban J connectivity index is 2.51. The van der Waals surface area contributed by atoms with Gasteiger partial charge in [-0.25, -0.2) is 0 Å². The minimum absolute atomic E-state index is 0.0491. The van der Waals surface area contributed by atoms with Crippen LogP contribution in [0.4, 0.5) is 0 Å². The topological polar surface area (TPSA) is 53.1 Å². The maximum absolute atomic E-state index is 10.5. The molecule has 2 aromatic rings. The molecule has 0 atom stereocenters. The number of H-pyrrole nitrogens is 1. The summed E-state index contributed by atoms with van der Waals surface area (Å²) in [4.78, 5) is 13.5. The molecule has 0 saturated carbocycles. The molecule has 2 rings (SSSR count). The molecule has 1 aromatic heterocycles. The highest BCUT2D eigenvalue weighted by Crippen LogP contribution is 2.17. The second-order valence-electron chi connectivity index (χ2n) is 2.92. The number of carboxylic acids is 1. The van der Waals surface area contributed by atoms with E-state index in [0.717, 1.165) is 16.5 Å². The van der Waals surface area contributed by atoms with Gasteiger partial charge in [0.15, 0.2) is 0 Å². The molecule has 1 heterocycles. The molecular formula is C10H9NO2. The molecule has 2 N–H and O–H groups in total. The van der Waals surface area contributed by atoms with Crippen LogP contribution in [0.15, 0.2) is 30.5 Å². The largest absolute Gasteiger partial charge is 0.481 e. The lowest BCUT2D eigenvalue weighted by molar-refractivity contribution is -0.136. The first-order chi connectivity index (χ1) is 6.27. The van der Waals surface area contributed by atoms with Gasteiger partial charge in [0.05, 0.1) is 6.42 Å². The number of fused-ring (bicyclic) bond motifs is 1. The van der Waals surface area contributed by atoms with Crippen LogP contribution in [-0.2, 0) is 11.2 Å². The average Bonchev–Trinajstić information content (AvgIpc) is 2.48. The van der Waals surface area contributed by atoms with Gasteiger partial charge >= 0.3 is 5.97 Å². The van der Waals surface area contributed by atoms with Crippen molar-refractivity contribution >= 4 is 16.7 Å². The number of carbonyl (C=O) groups is 1. The van der Waals surface area contributed by atoms with Crippen LogP contribution in [0.1, 0.15) is 5.69 Å². The van der Waals surface area contributed by atoms with Gasteiger partial charge in [-0.05, 0) is 5.39 Å². The molecule has 0 aliphatic rings. The van der Waals surface area contributed by atoms with Gasteiger partial charge in [-0.1, -0.05) is 24.3 Å². The molecule has 1 aromatic carbocycles. The molecule has 13 heavy (non-hydrogen) atoms. The summed E-state index contributed by atoms with van der Waals surface area (Å²) in [6, 6.07) is 7.71. The van der Waals surface area contributed by atoms with Gasteiger partial charge in [0.2, 0.25) is 0 Å². The van der Waals surface area contributed by atoms with Crippen LogP contribution in [0.25, 0.3) is 10.8 Å².